The van der Waals surface area contributed by atoms with E-state index in [1.807, 2.05) is 23.1 Å². The lowest BCUT2D eigenvalue weighted by Crippen LogP contribution is -2.41. The molecule has 186 valence electrons. The zero-order valence-electron chi connectivity index (χ0n) is 20.5. The number of rotatable bonds is 4. The van der Waals surface area contributed by atoms with Crippen LogP contribution >= 0.6 is 35.0 Å². The van der Waals surface area contributed by atoms with Gasteiger partial charge in [0.15, 0.2) is 5.17 Å². The fourth-order valence-electron chi connectivity index (χ4n) is 5.70. The third kappa shape index (κ3) is 5.23. The van der Waals surface area contributed by atoms with Gasteiger partial charge in [-0.2, -0.15) is 0 Å². The van der Waals surface area contributed by atoms with Crippen LogP contribution < -0.4 is 0 Å². The molecule has 2 heterocycles. The third-order valence-corrected chi connectivity index (χ3v) is 9.30. The minimum atomic E-state index is 0.121. The molecule has 1 aromatic heterocycles. The number of amides is 1. The summed E-state index contributed by atoms with van der Waals surface area (Å²) in [6.45, 7) is 4.16. The summed E-state index contributed by atoms with van der Waals surface area (Å²) in [7, 11) is 0. The molecule has 0 N–H and O–H groups in total. The maximum atomic E-state index is 13.7. The van der Waals surface area contributed by atoms with Crippen LogP contribution in [-0.4, -0.2) is 32.6 Å². The number of amidine groups is 1. The fraction of sp³-hybridized carbons (Fsp3) is 0.500. The van der Waals surface area contributed by atoms with Crippen LogP contribution in [-0.2, 0) is 4.79 Å². The van der Waals surface area contributed by atoms with E-state index in [0.717, 1.165) is 58.4 Å². The standard InChI is InChI=1S/C28H33Cl2N3OS/c1-18-15-20(19(2)32(18)23-13-14-24(29)25(30)17-23)16-26-27(34)33(22-11-7-4-8-12-22)28(35-26)31-21-9-5-3-6-10-21/h13-17,21-22H,3-12H2,1-2H3. The summed E-state index contributed by atoms with van der Waals surface area (Å²) >= 11 is 14.0. The van der Waals surface area contributed by atoms with Crippen molar-refractivity contribution in [3.8, 4) is 5.69 Å². The van der Waals surface area contributed by atoms with Crippen molar-refractivity contribution in [1.29, 1.82) is 0 Å². The van der Waals surface area contributed by atoms with Crippen molar-refractivity contribution in [3.63, 3.8) is 0 Å². The smallest absolute Gasteiger partial charge is 0.267 e. The average Bonchev–Trinajstić information content (AvgIpc) is 3.31. The Kier molecular flexibility index (Phi) is 7.66. The number of carbonyl (C=O) groups excluding carboxylic acids is 1. The van der Waals surface area contributed by atoms with Crippen LogP contribution in [0.15, 0.2) is 34.2 Å². The van der Waals surface area contributed by atoms with Crippen LogP contribution in [0, 0.1) is 13.8 Å². The Morgan fingerprint density at radius 1 is 0.943 bits per heavy atom. The molecule has 2 aromatic rings. The van der Waals surface area contributed by atoms with Gasteiger partial charge in [-0.3, -0.25) is 14.7 Å². The van der Waals surface area contributed by atoms with Crippen molar-refractivity contribution < 1.29 is 4.79 Å². The molecule has 4 nitrogen and oxygen atoms in total. The Bertz CT molecular complexity index is 1170. The van der Waals surface area contributed by atoms with Gasteiger partial charge >= 0.3 is 0 Å². The highest BCUT2D eigenvalue weighted by atomic mass is 35.5. The lowest BCUT2D eigenvalue weighted by atomic mass is 9.94. The molecule has 2 aliphatic carbocycles. The van der Waals surface area contributed by atoms with Crippen LogP contribution in [0.5, 0.6) is 0 Å². The number of aryl methyl sites for hydroxylation is 1. The van der Waals surface area contributed by atoms with Crippen molar-refractivity contribution in [2.24, 2.45) is 4.99 Å². The SMILES string of the molecule is Cc1cc(C=C2SC(=NC3CCCCC3)N(C3CCCCC3)C2=O)c(C)n1-c1ccc(Cl)c(Cl)c1. The van der Waals surface area contributed by atoms with Crippen molar-refractivity contribution >= 4 is 52.1 Å². The number of aromatic nitrogens is 1. The summed E-state index contributed by atoms with van der Waals surface area (Å²) in [6.07, 6.45) is 13.9. The highest BCUT2D eigenvalue weighted by Gasteiger charge is 2.39. The first kappa shape index (κ1) is 25.0. The first-order valence-electron chi connectivity index (χ1n) is 12.9. The molecule has 0 spiro atoms. The molecule has 0 radical (unpaired) electrons. The molecule has 0 bridgehead atoms. The first-order valence-corrected chi connectivity index (χ1v) is 14.4. The summed E-state index contributed by atoms with van der Waals surface area (Å²) in [5.74, 6) is 0.121. The molecule has 5 rings (SSSR count). The molecule has 3 aliphatic rings. The first-order chi connectivity index (χ1) is 16.9. The molecule has 1 aromatic carbocycles. The lowest BCUT2D eigenvalue weighted by Gasteiger charge is -2.31. The second-order valence-corrected chi connectivity index (χ2v) is 11.9. The molecular weight excluding hydrogens is 497 g/mol. The van der Waals surface area contributed by atoms with E-state index in [9.17, 15) is 4.79 Å². The van der Waals surface area contributed by atoms with Gasteiger partial charge in [-0.15, -0.1) is 0 Å². The Labute approximate surface area is 222 Å². The maximum absolute atomic E-state index is 13.7. The van der Waals surface area contributed by atoms with E-state index in [0.29, 0.717) is 16.1 Å². The molecule has 35 heavy (non-hydrogen) atoms. The zero-order valence-corrected chi connectivity index (χ0v) is 22.9. The van der Waals surface area contributed by atoms with Crippen LogP contribution in [0.25, 0.3) is 11.8 Å². The highest BCUT2D eigenvalue weighted by Crippen LogP contribution is 2.39. The minimum Gasteiger partial charge on any atom is -0.318 e. The Balaban J connectivity index is 1.48. The number of nitrogens with zero attached hydrogens (tertiary/aromatic N) is 3. The number of halogens is 2. The molecular formula is C28H33Cl2N3OS. The highest BCUT2D eigenvalue weighted by molar-refractivity contribution is 8.18. The van der Waals surface area contributed by atoms with Crippen LogP contribution in [0.1, 0.15) is 81.2 Å². The largest absolute Gasteiger partial charge is 0.318 e. The molecule has 2 saturated carbocycles. The number of hydrogen-bond acceptors (Lipinski definition) is 3. The monoisotopic (exact) mass is 529 g/mol. The van der Waals surface area contributed by atoms with E-state index >= 15 is 0 Å². The summed E-state index contributed by atoms with van der Waals surface area (Å²) < 4.78 is 2.16. The van der Waals surface area contributed by atoms with Gasteiger partial charge in [0.1, 0.15) is 0 Å². The molecule has 1 amide bonds. The van der Waals surface area contributed by atoms with Crippen molar-refractivity contribution in [3.05, 3.63) is 56.2 Å². The number of carbonyl (C=O) groups is 1. The second kappa shape index (κ2) is 10.7. The maximum Gasteiger partial charge on any atom is 0.267 e. The molecule has 1 aliphatic heterocycles. The average molecular weight is 531 g/mol. The third-order valence-electron chi connectivity index (χ3n) is 7.56. The lowest BCUT2D eigenvalue weighted by molar-refractivity contribution is -0.124. The van der Waals surface area contributed by atoms with Gasteiger partial charge in [-0.05, 0) is 87.2 Å². The quantitative estimate of drug-likeness (QED) is 0.373. The van der Waals surface area contributed by atoms with Gasteiger partial charge in [0.05, 0.1) is 21.0 Å². The van der Waals surface area contributed by atoms with E-state index in [2.05, 4.69) is 30.6 Å². The van der Waals surface area contributed by atoms with E-state index in [-0.39, 0.29) is 11.9 Å². The number of aliphatic imine (C=N–C) groups is 1. The van der Waals surface area contributed by atoms with E-state index in [1.165, 1.54) is 38.5 Å². The number of thioether (sulfide) groups is 1. The van der Waals surface area contributed by atoms with Gasteiger partial charge in [0.25, 0.3) is 5.91 Å². The van der Waals surface area contributed by atoms with Crippen LogP contribution in [0.3, 0.4) is 0 Å². The van der Waals surface area contributed by atoms with E-state index in [4.69, 9.17) is 28.2 Å². The molecule has 7 heteroatoms. The number of hydrogen-bond donors (Lipinski definition) is 0. The molecule has 0 atom stereocenters. The predicted molar refractivity (Wildman–Crippen MR) is 149 cm³/mol. The van der Waals surface area contributed by atoms with Crippen molar-refractivity contribution in [2.75, 3.05) is 0 Å². The summed E-state index contributed by atoms with van der Waals surface area (Å²) in [5, 5.41) is 2.00. The Morgan fingerprint density at radius 3 is 2.31 bits per heavy atom. The van der Waals surface area contributed by atoms with E-state index in [1.54, 1.807) is 11.8 Å². The summed E-state index contributed by atoms with van der Waals surface area (Å²) in [4.78, 5) is 21.7. The number of benzene rings is 1. The van der Waals surface area contributed by atoms with Gasteiger partial charge in [-0.1, -0.05) is 61.7 Å². The zero-order chi connectivity index (χ0) is 24.5. The van der Waals surface area contributed by atoms with Crippen LogP contribution in [0.4, 0.5) is 0 Å². The summed E-state index contributed by atoms with van der Waals surface area (Å²) in [6, 6.07) is 8.45. The van der Waals surface area contributed by atoms with Gasteiger partial charge in [0, 0.05) is 23.1 Å². The van der Waals surface area contributed by atoms with Crippen LogP contribution in [0.2, 0.25) is 10.0 Å². The second-order valence-electron chi connectivity index (χ2n) is 10.0. The fourth-order valence-corrected chi connectivity index (χ4v) is 7.09. The van der Waals surface area contributed by atoms with Gasteiger partial charge in [-0.25, -0.2) is 0 Å². The van der Waals surface area contributed by atoms with E-state index < -0.39 is 0 Å². The minimum absolute atomic E-state index is 0.121. The topological polar surface area (TPSA) is 37.6 Å². The summed E-state index contributed by atoms with van der Waals surface area (Å²) in [5.41, 5.74) is 4.17. The Hall–Kier alpha value is -1.69. The predicted octanol–water partition coefficient (Wildman–Crippen LogP) is 8.34. The molecule has 3 fully saturated rings. The van der Waals surface area contributed by atoms with Crippen molar-refractivity contribution in [2.45, 2.75) is 90.1 Å². The molecule has 1 saturated heterocycles. The molecule has 0 unspecified atom stereocenters. The van der Waals surface area contributed by atoms with Crippen molar-refractivity contribution in [1.82, 2.24) is 9.47 Å². The van der Waals surface area contributed by atoms with Gasteiger partial charge < -0.3 is 4.57 Å². The van der Waals surface area contributed by atoms with Gasteiger partial charge in [0.2, 0.25) is 0 Å². The normalized spacial score (nSPS) is 22.6. The Morgan fingerprint density at radius 2 is 1.63 bits per heavy atom.